The second-order valence-corrected chi connectivity index (χ2v) is 5.55. The molecule has 1 fully saturated rings. The molecule has 3 nitrogen and oxygen atoms in total. The molecule has 0 aliphatic carbocycles. The van der Waals surface area contributed by atoms with Crippen LogP contribution in [0.15, 0.2) is 18.2 Å². The van der Waals surface area contributed by atoms with Gasteiger partial charge in [0.1, 0.15) is 0 Å². The van der Waals surface area contributed by atoms with Crippen molar-refractivity contribution in [2.45, 2.75) is 46.1 Å². The molecule has 1 unspecified atom stereocenters. The largest absolute Gasteiger partial charge is 0.399 e. The molecule has 104 valence electrons. The highest BCUT2D eigenvalue weighted by atomic mass is 16.2. The molecule has 0 bridgehead atoms. The molecule has 0 aromatic heterocycles. The van der Waals surface area contributed by atoms with Gasteiger partial charge in [0.15, 0.2) is 0 Å². The van der Waals surface area contributed by atoms with Crippen LogP contribution in [-0.2, 0) is 11.3 Å². The van der Waals surface area contributed by atoms with Crippen LogP contribution in [0.4, 0.5) is 5.69 Å². The first-order valence-corrected chi connectivity index (χ1v) is 7.23. The number of benzene rings is 1. The third-order valence-electron chi connectivity index (χ3n) is 4.35. The van der Waals surface area contributed by atoms with Crippen molar-refractivity contribution in [2.75, 3.05) is 12.3 Å². The van der Waals surface area contributed by atoms with E-state index in [0.29, 0.717) is 18.9 Å². The van der Waals surface area contributed by atoms with E-state index in [4.69, 9.17) is 5.73 Å². The lowest BCUT2D eigenvalue weighted by Crippen LogP contribution is -2.30. The predicted octanol–water partition coefficient (Wildman–Crippen LogP) is 3.12. The van der Waals surface area contributed by atoms with Crippen molar-refractivity contribution in [1.29, 1.82) is 0 Å². The van der Waals surface area contributed by atoms with Crippen LogP contribution < -0.4 is 5.73 Å². The number of carbonyl (C=O) groups excluding carboxylic acids is 1. The molecule has 3 heteroatoms. The molecule has 1 aromatic carbocycles. The van der Waals surface area contributed by atoms with Crippen molar-refractivity contribution >= 4 is 11.6 Å². The first-order chi connectivity index (χ1) is 9.11. The van der Waals surface area contributed by atoms with E-state index in [2.05, 4.69) is 13.0 Å². The lowest BCUT2D eigenvalue weighted by atomic mass is 9.98. The molecule has 19 heavy (non-hydrogen) atoms. The first kappa shape index (κ1) is 13.9. The fourth-order valence-electron chi connectivity index (χ4n) is 2.75. The van der Waals surface area contributed by atoms with Gasteiger partial charge in [0.25, 0.3) is 0 Å². The molecule has 0 radical (unpaired) electrons. The average molecular weight is 260 g/mol. The molecule has 1 heterocycles. The highest BCUT2D eigenvalue weighted by Crippen LogP contribution is 2.24. The molecule has 1 aliphatic heterocycles. The first-order valence-electron chi connectivity index (χ1n) is 7.23. The summed E-state index contributed by atoms with van der Waals surface area (Å²) in [5.74, 6) is 0.994. The van der Waals surface area contributed by atoms with Gasteiger partial charge < -0.3 is 10.6 Å². The Hall–Kier alpha value is -1.51. The number of hydrogen-bond acceptors (Lipinski definition) is 2. The van der Waals surface area contributed by atoms with Crippen LogP contribution in [0.3, 0.4) is 0 Å². The van der Waals surface area contributed by atoms with Crippen LogP contribution in [-0.4, -0.2) is 17.4 Å². The zero-order valence-corrected chi connectivity index (χ0v) is 12.0. The van der Waals surface area contributed by atoms with Gasteiger partial charge in [0, 0.05) is 25.2 Å². The van der Waals surface area contributed by atoms with Crippen LogP contribution in [0.2, 0.25) is 0 Å². The molecule has 1 aliphatic rings. The molecule has 0 saturated carbocycles. The standard InChI is InChI=1S/C16H24N2O/c1-3-13-7-8-16(19)18(10-9-13)11-14-5-4-6-15(17)12(14)2/h4-6,13H,3,7-11,17H2,1-2H3. The van der Waals surface area contributed by atoms with Crippen molar-refractivity contribution in [3.05, 3.63) is 29.3 Å². The number of hydrogen-bond donors (Lipinski definition) is 1. The van der Waals surface area contributed by atoms with E-state index in [0.717, 1.165) is 30.6 Å². The molecule has 1 atom stereocenters. The minimum atomic E-state index is 0.290. The second-order valence-electron chi connectivity index (χ2n) is 5.55. The van der Waals surface area contributed by atoms with Gasteiger partial charge in [-0.1, -0.05) is 25.5 Å². The lowest BCUT2D eigenvalue weighted by molar-refractivity contribution is -0.131. The van der Waals surface area contributed by atoms with E-state index >= 15 is 0 Å². The molecule has 1 amide bonds. The summed E-state index contributed by atoms with van der Waals surface area (Å²) in [5.41, 5.74) is 9.02. The number of anilines is 1. The fourth-order valence-corrected chi connectivity index (χ4v) is 2.75. The highest BCUT2D eigenvalue weighted by molar-refractivity contribution is 5.76. The van der Waals surface area contributed by atoms with Gasteiger partial charge in [-0.15, -0.1) is 0 Å². The van der Waals surface area contributed by atoms with Crippen LogP contribution >= 0.6 is 0 Å². The van der Waals surface area contributed by atoms with Gasteiger partial charge in [-0.05, 0) is 42.9 Å². The van der Waals surface area contributed by atoms with Crippen molar-refractivity contribution in [2.24, 2.45) is 5.92 Å². The van der Waals surface area contributed by atoms with Crippen molar-refractivity contribution in [1.82, 2.24) is 4.90 Å². The van der Waals surface area contributed by atoms with Gasteiger partial charge >= 0.3 is 0 Å². The third kappa shape index (κ3) is 3.28. The summed E-state index contributed by atoms with van der Waals surface area (Å²) in [4.78, 5) is 14.2. The lowest BCUT2D eigenvalue weighted by Gasteiger charge is -2.22. The van der Waals surface area contributed by atoms with E-state index in [1.54, 1.807) is 0 Å². The van der Waals surface area contributed by atoms with E-state index in [9.17, 15) is 4.79 Å². The number of likely N-dealkylation sites (tertiary alicyclic amines) is 1. The Kier molecular flexibility index (Phi) is 4.46. The average Bonchev–Trinajstić information content (AvgIpc) is 2.58. The van der Waals surface area contributed by atoms with Gasteiger partial charge in [-0.25, -0.2) is 0 Å². The third-order valence-corrected chi connectivity index (χ3v) is 4.35. The molecular weight excluding hydrogens is 236 g/mol. The van der Waals surface area contributed by atoms with Crippen molar-refractivity contribution in [3.63, 3.8) is 0 Å². The Balaban J connectivity index is 2.09. The molecule has 1 aromatic rings. The molecular formula is C16H24N2O. The summed E-state index contributed by atoms with van der Waals surface area (Å²) >= 11 is 0. The minimum absolute atomic E-state index is 0.290. The number of nitrogens with two attached hydrogens (primary N) is 1. The SMILES string of the molecule is CCC1CCC(=O)N(Cc2cccc(N)c2C)CC1. The number of amides is 1. The maximum Gasteiger partial charge on any atom is 0.222 e. The quantitative estimate of drug-likeness (QED) is 0.849. The van der Waals surface area contributed by atoms with Gasteiger partial charge in [0.2, 0.25) is 5.91 Å². The molecule has 0 spiro atoms. The van der Waals surface area contributed by atoms with Crippen LogP contribution in [0.1, 0.15) is 43.7 Å². The van der Waals surface area contributed by atoms with Crippen LogP contribution in [0.5, 0.6) is 0 Å². The summed E-state index contributed by atoms with van der Waals surface area (Å²) < 4.78 is 0. The van der Waals surface area contributed by atoms with E-state index in [-0.39, 0.29) is 5.91 Å². The highest BCUT2D eigenvalue weighted by Gasteiger charge is 2.22. The van der Waals surface area contributed by atoms with Crippen LogP contribution in [0.25, 0.3) is 0 Å². The molecule has 1 saturated heterocycles. The Bertz CT molecular complexity index is 456. The summed E-state index contributed by atoms with van der Waals surface area (Å²) in [6.07, 6.45) is 4.05. The Morgan fingerprint density at radius 2 is 2.16 bits per heavy atom. The number of nitrogens with zero attached hydrogens (tertiary/aromatic N) is 1. The summed E-state index contributed by atoms with van der Waals surface area (Å²) in [7, 11) is 0. The topological polar surface area (TPSA) is 46.3 Å². The number of carbonyl (C=O) groups is 1. The van der Waals surface area contributed by atoms with E-state index in [1.165, 1.54) is 12.0 Å². The normalized spacial score (nSPS) is 20.4. The minimum Gasteiger partial charge on any atom is -0.399 e. The summed E-state index contributed by atoms with van der Waals surface area (Å²) in [6.45, 7) is 5.83. The van der Waals surface area contributed by atoms with Crippen molar-refractivity contribution in [3.8, 4) is 0 Å². The zero-order valence-electron chi connectivity index (χ0n) is 12.0. The maximum absolute atomic E-state index is 12.2. The number of nitrogen functional groups attached to an aromatic ring is 1. The van der Waals surface area contributed by atoms with Gasteiger partial charge in [-0.3, -0.25) is 4.79 Å². The Labute approximate surface area is 115 Å². The molecule has 2 rings (SSSR count). The van der Waals surface area contributed by atoms with Crippen molar-refractivity contribution < 1.29 is 4.79 Å². The molecule has 2 N–H and O–H groups in total. The maximum atomic E-state index is 12.2. The second kappa shape index (κ2) is 6.09. The smallest absolute Gasteiger partial charge is 0.222 e. The van der Waals surface area contributed by atoms with Crippen LogP contribution in [0, 0.1) is 12.8 Å². The van der Waals surface area contributed by atoms with E-state index < -0.39 is 0 Å². The Morgan fingerprint density at radius 1 is 1.37 bits per heavy atom. The van der Waals surface area contributed by atoms with Gasteiger partial charge in [-0.2, -0.15) is 0 Å². The predicted molar refractivity (Wildman–Crippen MR) is 78.6 cm³/mol. The van der Waals surface area contributed by atoms with Gasteiger partial charge in [0.05, 0.1) is 0 Å². The number of rotatable bonds is 3. The fraction of sp³-hybridized carbons (Fsp3) is 0.562. The van der Waals surface area contributed by atoms with E-state index in [1.807, 2.05) is 24.0 Å². The zero-order chi connectivity index (χ0) is 13.8. The Morgan fingerprint density at radius 3 is 2.89 bits per heavy atom. The summed E-state index contributed by atoms with van der Waals surface area (Å²) in [6, 6.07) is 5.95. The monoisotopic (exact) mass is 260 g/mol. The summed E-state index contributed by atoms with van der Waals surface area (Å²) in [5, 5.41) is 0.